The van der Waals surface area contributed by atoms with Gasteiger partial charge in [-0.25, -0.2) is 4.39 Å². The van der Waals surface area contributed by atoms with E-state index in [0.29, 0.717) is 17.2 Å². The summed E-state index contributed by atoms with van der Waals surface area (Å²) in [5, 5.41) is 0. The minimum Gasteiger partial charge on any atom is -0.493 e. The zero-order valence-corrected chi connectivity index (χ0v) is 12.9. The van der Waals surface area contributed by atoms with E-state index in [0.717, 1.165) is 12.0 Å². The maximum absolute atomic E-state index is 13.7. The number of nitrogens with two attached hydrogens (primary N) is 1. The number of ether oxygens (including phenoxy) is 2. The third-order valence-corrected chi connectivity index (χ3v) is 2.81. The molecule has 0 fully saturated rings. The third kappa shape index (κ3) is 4.38. The molecule has 2 aromatic rings. The Bertz CT molecular complexity index is 585. The molecule has 114 valence electrons. The molecule has 2 rings (SSSR count). The summed E-state index contributed by atoms with van der Waals surface area (Å²) in [6.07, 6.45) is 0.896. The first kappa shape index (κ1) is 16.8. The molecule has 3 nitrogen and oxygen atoms in total. The maximum Gasteiger partial charge on any atom is 0.169 e. The summed E-state index contributed by atoms with van der Waals surface area (Å²) in [7, 11) is 1.56. The summed E-state index contributed by atoms with van der Waals surface area (Å²) in [5.74, 6) is 0.678. The Kier molecular flexibility index (Phi) is 6.53. The summed E-state index contributed by atoms with van der Waals surface area (Å²) in [4.78, 5) is 0. The minimum absolute atomic E-state index is 0.122. The fourth-order valence-corrected chi connectivity index (χ4v) is 1.73. The molecule has 0 aliphatic rings. The van der Waals surface area contributed by atoms with E-state index in [4.69, 9.17) is 15.2 Å². The van der Waals surface area contributed by atoms with Gasteiger partial charge in [0.1, 0.15) is 0 Å². The summed E-state index contributed by atoms with van der Waals surface area (Å²) in [5.41, 5.74) is 6.98. The second-order valence-electron chi connectivity index (χ2n) is 4.13. The SMILES string of the molecule is CC.CCc1ccc(Oc2ccc(N)cc2F)c(OC)c1. The number of benzene rings is 2. The molecule has 0 aliphatic heterocycles. The Balaban J connectivity index is 0.00000106. The highest BCUT2D eigenvalue weighted by Crippen LogP contribution is 2.33. The van der Waals surface area contributed by atoms with Crippen molar-refractivity contribution < 1.29 is 13.9 Å². The van der Waals surface area contributed by atoms with Crippen LogP contribution in [0.15, 0.2) is 36.4 Å². The molecule has 0 saturated heterocycles. The van der Waals surface area contributed by atoms with Gasteiger partial charge in [-0.05, 0) is 36.2 Å². The molecular weight excluding hydrogens is 269 g/mol. The van der Waals surface area contributed by atoms with Crippen LogP contribution in [0.1, 0.15) is 26.3 Å². The zero-order valence-electron chi connectivity index (χ0n) is 12.9. The first-order valence-electron chi connectivity index (χ1n) is 7.04. The van der Waals surface area contributed by atoms with Crippen LogP contribution in [0.4, 0.5) is 10.1 Å². The van der Waals surface area contributed by atoms with Gasteiger partial charge in [-0.15, -0.1) is 0 Å². The van der Waals surface area contributed by atoms with Crippen LogP contribution < -0.4 is 15.2 Å². The second kappa shape index (κ2) is 8.15. The molecule has 0 heterocycles. The zero-order chi connectivity index (χ0) is 15.8. The van der Waals surface area contributed by atoms with Crippen LogP contribution >= 0.6 is 0 Å². The van der Waals surface area contributed by atoms with Crippen LogP contribution in [-0.2, 0) is 6.42 Å². The Labute approximate surface area is 125 Å². The van der Waals surface area contributed by atoms with Gasteiger partial charge in [0.15, 0.2) is 23.1 Å². The van der Waals surface area contributed by atoms with Gasteiger partial charge in [-0.2, -0.15) is 0 Å². The molecule has 2 aromatic carbocycles. The normalized spacial score (nSPS) is 9.57. The predicted octanol–water partition coefficient (Wildman–Crippen LogP) is 4.80. The van der Waals surface area contributed by atoms with Crippen LogP contribution in [0.3, 0.4) is 0 Å². The Hall–Kier alpha value is -2.23. The summed E-state index contributed by atoms with van der Waals surface area (Å²) >= 11 is 0. The summed E-state index contributed by atoms with van der Waals surface area (Å²) in [6, 6.07) is 9.89. The second-order valence-corrected chi connectivity index (χ2v) is 4.13. The molecule has 0 radical (unpaired) electrons. The van der Waals surface area contributed by atoms with Crippen molar-refractivity contribution in [2.24, 2.45) is 0 Å². The molecule has 0 atom stereocenters. The van der Waals surface area contributed by atoms with E-state index in [-0.39, 0.29) is 5.75 Å². The van der Waals surface area contributed by atoms with Crippen molar-refractivity contribution in [2.45, 2.75) is 27.2 Å². The van der Waals surface area contributed by atoms with Gasteiger partial charge in [0.05, 0.1) is 7.11 Å². The number of aryl methyl sites for hydroxylation is 1. The average Bonchev–Trinajstić information content (AvgIpc) is 2.52. The monoisotopic (exact) mass is 291 g/mol. The lowest BCUT2D eigenvalue weighted by molar-refractivity contribution is 0.370. The molecule has 0 spiro atoms. The number of halogens is 1. The summed E-state index contributed by atoms with van der Waals surface area (Å²) < 4.78 is 24.5. The number of hydrogen-bond donors (Lipinski definition) is 1. The Morgan fingerprint density at radius 2 is 1.67 bits per heavy atom. The van der Waals surface area contributed by atoms with E-state index in [1.54, 1.807) is 19.2 Å². The van der Waals surface area contributed by atoms with Crippen molar-refractivity contribution in [3.63, 3.8) is 0 Å². The Morgan fingerprint density at radius 3 is 2.24 bits per heavy atom. The number of nitrogen functional groups attached to an aromatic ring is 1. The molecule has 4 heteroatoms. The van der Waals surface area contributed by atoms with E-state index in [1.165, 1.54) is 12.1 Å². The van der Waals surface area contributed by atoms with Gasteiger partial charge < -0.3 is 15.2 Å². The topological polar surface area (TPSA) is 44.5 Å². The number of methoxy groups -OCH3 is 1. The largest absolute Gasteiger partial charge is 0.493 e. The molecule has 0 aliphatic carbocycles. The van der Waals surface area contributed by atoms with Crippen molar-refractivity contribution in [3.8, 4) is 17.2 Å². The van der Waals surface area contributed by atoms with Gasteiger partial charge in [0.2, 0.25) is 0 Å². The van der Waals surface area contributed by atoms with Crippen molar-refractivity contribution in [1.29, 1.82) is 0 Å². The van der Waals surface area contributed by atoms with E-state index < -0.39 is 5.82 Å². The Morgan fingerprint density at radius 1 is 1.00 bits per heavy atom. The van der Waals surface area contributed by atoms with E-state index in [2.05, 4.69) is 6.92 Å². The fraction of sp³-hybridized carbons (Fsp3) is 0.294. The van der Waals surface area contributed by atoms with Crippen LogP contribution in [0, 0.1) is 5.82 Å². The number of anilines is 1. The van der Waals surface area contributed by atoms with Crippen LogP contribution in [0.25, 0.3) is 0 Å². The van der Waals surface area contributed by atoms with Crippen LogP contribution in [-0.4, -0.2) is 7.11 Å². The highest BCUT2D eigenvalue weighted by Gasteiger charge is 2.10. The van der Waals surface area contributed by atoms with Crippen LogP contribution in [0.2, 0.25) is 0 Å². The van der Waals surface area contributed by atoms with Gasteiger partial charge in [-0.3, -0.25) is 0 Å². The lowest BCUT2D eigenvalue weighted by atomic mass is 10.1. The number of hydrogen-bond acceptors (Lipinski definition) is 3. The standard InChI is InChI=1S/C15H16FNO2.C2H6/c1-3-10-4-6-14(15(8-10)18-2)19-13-7-5-11(17)9-12(13)16;1-2/h4-9H,3,17H2,1-2H3;1-2H3. The maximum atomic E-state index is 13.7. The van der Waals surface area contributed by atoms with Gasteiger partial charge in [0, 0.05) is 11.8 Å². The fourth-order valence-electron chi connectivity index (χ4n) is 1.73. The lowest BCUT2D eigenvalue weighted by Gasteiger charge is -2.12. The molecule has 0 unspecified atom stereocenters. The minimum atomic E-state index is -0.498. The number of rotatable bonds is 4. The molecule has 21 heavy (non-hydrogen) atoms. The van der Waals surface area contributed by atoms with Crippen molar-refractivity contribution in [3.05, 3.63) is 47.8 Å². The quantitative estimate of drug-likeness (QED) is 0.823. The molecular formula is C17H22FNO2. The first-order chi connectivity index (χ1) is 10.1. The molecule has 0 saturated carbocycles. The lowest BCUT2D eigenvalue weighted by Crippen LogP contribution is -1.95. The highest BCUT2D eigenvalue weighted by molar-refractivity contribution is 5.48. The molecule has 0 bridgehead atoms. The van der Waals surface area contributed by atoms with Crippen molar-refractivity contribution in [2.75, 3.05) is 12.8 Å². The highest BCUT2D eigenvalue weighted by atomic mass is 19.1. The van der Waals surface area contributed by atoms with E-state index in [1.807, 2.05) is 26.0 Å². The average molecular weight is 291 g/mol. The first-order valence-corrected chi connectivity index (χ1v) is 7.04. The van der Waals surface area contributed by atoms with Crippen molar-refractivity contribution in [1.82, 2.24) is 0 Å². The van der Waals surface area contributed by atoms with Gasteiger partial charge in [0.25, 0.3) is 0 Å². The smallest absolute Gasteiger partial charge is 0.169 e. The predicted molar refractivity (Wildman–Crippen MR) is 84.6 cm³/mol. The molecule has 0 amide bonds. The van der Waals surface area contributed by atoms with Crippen molar-refractivity contribution >= 4 is 5.69 Å². The summed E-state index contributed by atoms with van der Waals surface area (Å²) in [6.45, 7) is 6.05. The third-order valence-electron chi connectivity index (χ3n) is 2.81. The van der Waals surface area contributed by atoms with Gasteiger partial charge in [-0.1, -0.05) is 26.8 Å². The van der Waals surface area contributed by atoms with E-state index >= 15 is 0 Å². The van der Waals surface area contributed by atoms with E-state index in [9.17, 15) is 4.39 Å². The van der Waals surface area contributed by atoms with Gasteiger partial charge >= 0.3 is 0 Å². The van der Waals surface area contributed by atoms with Crippen LogP contribution in [0.5, 0.6) is 17.2 Å². The molecule has 0 aromatic heterocycles. The molecule has 2 N–H and O–H groups in total.